The van der Waals surface area contributed by atoms with Gasteiger partial charge in [0.05, 0.1) is 4.90 Å². The zero-order chi connectivity index (χ0) is 13.2. The second-order valence-electron chi connectivity index (χ2n) is 4.75. The molecule has 1 aliphatic heterocycles. The van der Waals surface area contributed by atoms with E-state index in [2.05, 4.69) is 6.92 Å². The number of benzene rings is 1. The van der Waals surface area contributed by atoms with Gasteiger partial charge in [0, 0.05) is 13.1 Å². The highest BCUT2D eigenvalue weighted by Crippen LogP contribution is 2.25. The molecule has 0 spiro atoms. The topological polar surface area (TPSA) is 57.6 Å². The van der Waals surface area contributed by atoms with Crippen LogP contribution in [0.1, 0.15) is 26.2 Å². The van der Waals surface area contributed by atoms with Crippen LogP contribution in [-0.4, -0.2) is 30.9 Å². The Morgan fingerprint density at radius 3 is 2.28 bits per heavy atom. The van der Waals surface area contributed by atoms with Crippen LogP contribution in [0.5, 0.6) is 5.75 Å². The average Bonchev–Trinajstić information content (AvgIpc) is 2.39. The van der Waals surface area contributed by atoms with Crippen molar-refractivity contribution in [2.24, 2.45) is 5.92 Å². The lowest BCUT2D eigenvalue weighted by Crippen LogP contribution is -2.38. The van der Waals surface area contributed by atoms with Gasteiger partial charge in [-0.3, -0.25) is 0 Å². The molecular weight excluding hydrogens is 250 g/mol. The summed E-state index contributed by atoms with van der Waals surface area (Å²) in [5.41, 5.74) is 0. The van der Waals surface area contributed by atoms with Gasteiger partial charge in [0.15, 0.2) is 0 Å². The summed E-state index contributed by atoms with van der Waals surface area (Å²) in [5.74, 6) is 0.731. The summed E-state index contributed by atoms with van der Waals surface area (Å²) in [6, 6.07) is 5.73. The average molecular weight is 269 g/mol. The van der Waals surface area contributed by atoms with Gasteiger partial charge in [0.1, 0.15) is 5.75 Å². The molecule has 0 aromatic heterocycles. The van der Waals surface area contributed by atoms with Crippen molar-refractivity contribution in [2.45, 2.75) is 31.1 Å². The molecule has 0 saturated carbocycles. The molecule has 18 heavy (non-hydrogen) atoms. The summed E-state index contributed by atoms with van der Waals surface area (Å²) in [7, 11) is -3.39. The predicted octanol–water partition coefficient (Wildman–Crippen LogP) is 2.20. The van der Waals surface area contributed by atoms with Gasteiger partial charge in [-0.25, -0.2) is 8.42 Å². The summed E-state index contributed by atoms with van der Waals surface area (Å²) in [4.78, 5) is 0.259. The van der Waals surface area contributed by atoms with E-state index in [9.17, 15) is 13.5 Å². The minimum absolute atomic E-state index is 0.0821. The number of phenolic OH excluding ortho intramolecular Hbond substituents is 1. The minimum Gasteiger partial charge on any atom is -0.508 e. The minimum atomic E-state index is -3.39. The Bertz CT molecular complexity index is 487. The Morgan fingerprint density at radius 1 is 1.22 bits per heavy atom. The van der Waals surface area contributed by atoms with Gasteiger partial charge in [0.25, 0.3) is 0 Å². The molecule has 1 aliphatic rings. The van der Waals surface area contributed by atoms with Gasteiger partial charge in [0.2, 0.25) is 10.0 Å². The van der Waals surface area contributed by atoms with Crippen molar-refractivity contribution < 1.29 is 13.5 Å². The van der Waals surface area contributed by atoms with Gasteiger partial charge in [-0.1, -0.05) is 13.3 Å². The lowest BCUT2D eigenvalue weighted by Gasteiger charge is -2.30. The third kappa shape index (κ3) is 2.67. The van der Waals surface area contributed by atoms with Crippen LogP contribution in [0.15, 0.2) is 29.2 Å². The number of sulfonamides is 1. The molecule has 2 rings (SSSR count). The maximum Gasteiger partial charge on any atom is 0.243 e. The van der Waals surface area contributed by atoms with Crippen molar-refractivity contribution in [1.82, 2.24) is 4.31 Å². The van der Waals surface area contributed by atoms with Crippen LogP contribution in [0.4, 0.5) is 0 Å². The fraction of sp³-hybridized carbons (Fsp3) is 0.538. The SMILES string of the molecule is CCC1CCN(S(=O)(=O)c2ccc(O)cc2)CC1. The fourth-order valence-electron chi connectivity index (χ4n) is 2.33. The van der Waals surface area contributed by atoms with Crippen molar-refractivity contribution in [3.8, 4) is 5.75 Å². The van der Waals surface area contributed by atoms with Gasteiger partial charge in [-0.15, -0.1) is 0 Å². The van der Waals surface area contributed by atoms with Gasteiger partial charge in [-0.2, -0.15) is 4.31 Å². The first-order valence-corrected chi connectivity index (χ1v) is 7.77. The van der Waals surface area contributed by atoms with E-state index >= 15 is 0 Å². The van der Waals surface area contributed by atoms with Crippen LogP contribution < -0.4 is 0 Å². The Hall–Kier alpha value is -1.07. The number of hydrogen-bond acceptors (Lipinski definition) is 3. The van der Waals surface area contributed by atoms with E-state index in [1.165, 1.54) is 24.3 Å². The number of hydrogen-bond donors (Lipinski definition) is 1. The maximum atomic E-state index is 12.3. The highest BCUT2D eigenvalue weighted by Gasteiger charge is 2.28. The van der Waals surface area contributed by atoms with Gasteiger partial charge in [-0.05, 0) is 43.0 Å². The maximum absolute atomic E-state index is 12.3. The number of nitrogens with zero attached hydrogens (tertiary/aromatic N) is 1. The molecule has 0 amide bonds. The third-order valence-corrected chi connectivity index (χ3v) is 5.54. The largest absolute Gasteiger partial charge is 0.508 e. The molecule has 1 fully saturated rings. The Labute approximate surface area is 108 Å². The second-order valence-corrected chi connectivity index (χ2v) is 6.69. The van der Waals surface area contributed by atoms with E-state index in [0.29, 0.717) is 19.0 Å². The molecule has 0 bridgehead atoms. The molecule has 1 aromatic rings. The second kappa shape index (κ2) is 5.28. The molecule has 0 unspecified atom stereocenters. The zero-order valence-corrected chi connectivity index (χ0v) is 11.4. The molecule has 1 aromatic carbocycles. The third-order valence-electron chi connectivity index (χ3n) is 3.63. The first-order valence-electron chi connectivity index (χ1n) is 6.33. The van der Waals surface area contributed by atoms with Crippen molar-refractivity contribution in [3.63, 3.8) is 0 Å². The van der Waals surface area contributed by atoms with Gasteiger partial charge < -0.3 is 5.11 Å². The fourth-order valence-corrected chi connectivity index (χ4v) is 3.79. The molecule has 4 nitrogen and oxygen atoms in total. The molecule has 5 heteroatoms. The van der Waals surface area contributed by atoms with Crippen LogP contribution in [0, 0.1) is 5.92 Å². The van der Waals surface area contributed by atoms with Crippen LogP contribution in [0.3, 0.4) is 0 Å². The summed E-state index contributed by atoms with van der Waals surface area (Å²) in [5, 5.41) is 9.19. The van der Waals surface area contributed by atoms with Crippen LogP contribution >= 0.6 is 0 Å². The number of piperidine rings is 1. The Kier molecular flexibility index (Phi) is 3.92. The molecular formula is C13H19NO3S. The van der Waals surface area contributed by atoms with Crippen molar-refractivity contribution in [1.29, 1.82) is 0 Å². The van der Waals surface area contributed by atoms with E-state index in [1.54, 1.807) is 4.31 Å². The summed E-state index contributed by atoms with van der Waals surface area (Å²) < 4.78 is 26.2. The highest BCUT2D eigenvalue weighted by molar-refractivity contribution is 7.89. The first kappa shape index (κ1) is 13.4. The molecule has 0 radical (unpaired) electrons. The molecule has 1 saturated heterocycles. The standard InChI is InChI=1S/C13H19NO3S/c1-2-11-7-9-14(10-8-11)18(16,17)13-5-3-12(15)4-6-13/h3-6,11,15H,2,7-10H2,1H3. The monoisotopic (exact) mass is 269 g/mol. The van der Waals surface area contributed by atoms with Crippen LogP contribution in [-0.2, 0) is 10.0 Å². The van der Waals surface area contributed by atoms with Crippen LogP contribution in [0.25, 0.3) is 0 Å². The van der Waals surface area contributed by atoms with Crippen molar-refractivity contribution in [2.75, 3.05) is 13.1 Å². The molecule has 0 atom stereocenters. The summed E-state index contributed by atoms with van der Waals surface area (Å²) in [6.45, 7) is 3.35. The van der Waals surface area contributed by atoms with Crippen molar-refractivity contribution >= 4 is 10.0 Å². The van der Waals surface area contributed by atoms with E-state index in [4.69, 9.17) is 0 Å². The molecule has 100 valence electrons. The van der Waals surface area contributed by atoms with E-state index in [-0.39, 0.29) is 10.6 Å². The highest BCUT2D eigenvalue weighted by atomic mass is 32.2. The number of phenols is 1. The number of rotatable bonds is 3. The molecule has 0 aliphatic carbocycles. The molecule has 1 N–H and O–H groups in total. The van der Waals surface area contributed by atoms with E-state index < -0.39 is 10.0 Å². The Morgan fingerprint density at radius 2 is 1.78 bits per heavy atom. The predicted molar refractivity (Wildman–Crippen MR) is 69.9 cm³/mol. The van der Waals surface area contributed by atoms with E-state index in [0.717, 1.165) is 19.3 Å². The summed E-state index contributed by atoms with van der Waals surface area (Å²) in [6.07, 6.45) is 2.99. The van der Waals surface area contributed by atoms with E-state index in [1.807, 2.05) is 0 Å². The van der Waals surface area contributed by atoms with Crippen molar-refractivity contribution in [3.05, 3.63) is 24.3 Å². The molecule has 1 heterocycles. The smallest absolute Gasteiger partial charge is 0.243 e. The lowest BCUT2D eigenvalue weighted by molar-refractivity contribution is 0.269. The number of aromatic hydroxyl groups is 1. The zero-order valence-electron chi connectivity index (χ0n) is 10.5. The first-order chi connectivity index (χ1) is 8.54. The quantitative estimate of drug-likeness (QED) is 0.915. The normalized spacial score (nSPS) is 18.9. The van der Waals surface area contributed by atoms with Crippen LogP contribution in [0.2, 0.25) is 0 Å². The summed E-state index contributed by atoms with van der Waals surface area (Å²) >= 11 is 0. The Balaban J connectivity index is 2.15. The lowest BCUT2D eigenvalue weighted by atomic mass is 9.96. The van der Waals surface area contributed by atoms with Gasteiger partial charge >= 0.3 is 0 Å².